The van der Waals surface area contributed by atoms with Crippen LogP contribution < -0.4 is 14.2 Å². The van der Waals surface area contributed by atoms with E-state index in [9.17, 15) is 4.79 Å². The van der Waals surface area contributed by atoms with Crippen molar-refractivity contribution in [2.24, 2.45) is 0 Å². The number of hydrogen-bond donors (Lipinski definition) is 0. The second kappa shape index (κ2) is 9.28. The van der Waals surface area contributed by atoms with Crippen molar-refractivity contribution in [2.75, 3.05) is 20.2 Å². The Kier molecular flexibility index (Phi) is 6.32. The molecule has 7 heteroatoms. The Hall–Kier alpha value is -2.09. The van der Waals surface area contributed by atoms with Crippen LogP contribution in [0.25, 0.3) is 0 Å². The highest BCUT2D eigenvalue weighted by molar-refractivity contribution is 9.10. The fourth-order valence-electron chi connectivity index (χ4n) is 5.98. The lowest BCUT2D eigenvalue weighted by atomic mass is 9.71. The second-order valence-corrected chi connectivity index (χ2v) is 12.8. The molecule has 2 heterocycles. The summed E-state index contributed by atoms with van der Waals surface area (Å²) in [5.74, 6) is 1.71. The van der Waals surface area contributed by atoms with E-state index in [4.69, 9.17) is 18.9 Å². The first-order chi connectivity index (χ1) is 17.8. The number of Topliss-reactive ketones (excluding diaryl/α,β-unsaturated/α-hetero) is 1. The molecule has 0 aromatic heterocycles. The van der Waals surface area contributed by atoms with Gasteiger partial charge < -0.3 is 18.9 Å². The van der Waals surface area contributed by atoms with E-state index in [2.05, 4.69) is 20.8 Å². The molecule has 4 aliphatic rings. The van der Waals surface area contributed by atoms with Crippen LogP contribution in [-0.4, -0.2) is 53.1 Å². The third-order valence-electron chi connectivity index (χ3n) is 8.18. The molecule has 0 amide bonds. The van der Waals surface area contributed by atoms with Gasteiger partial charge >= 0.3 is 0 Å². The van der Waals surface area contributed by atoms with Crippen molar-refractivity contribution in [3.8, 4) is 17.2 Å². The molecule has 37 heavy (non-hydrogen) atoms. The lowest BCUT2D eigenvalue weighted by Gasteiger charge is -2.51. The Bertz CT molecular complexity index is 1180. The van der Waals surface area contributed by atoms with E-state index in [1.807, 2.05) is 56.3 Å². The van der Waals surface area contributed by atoms with E-state index >= 15 is 0 Å². The maximum Gasteiger partial charge on any atom is 0.203 e. The molecule has 198 valence electrons. The number of piperidine rings is 1. The zero-order valence-corrected chi connectivity index (χ0v) is 23.5. The van der Waals surface area contributed by atoms with Crippen LogP contribution >= 0.6 is 15.9 Å². The van der Waals surface area contributed by atoms with Gasteiger partial charge in [0.05, 0.1) is 29.3 Å². The van der Waals surface area contributed by atoms with Crippen LogP contribution in [-0.2, 0) is 10.3 Å². The van der Waals surface area contributed by atoms with Crippen LogP contribution in [0.15, 0.2) is 42.5 Å². The Morgan fingerprint density at radius 1 is 1.05 bits per heavy atom. The van der Waals surface area contributed by atoms with Gasteiger partial charge in [-0.15, -0.1) is 0 Å². The fourth-order valence-corrected chi connectivity index (χ4v) is 6.54. The first kappa shape index (κ1) is 25.2. The number of ether oxygens (including phenoxy) is 4. The smallest absolute Gasteiger partial charge is 0.203 e. The van der Waals surface area contributed by atoms with Crippen LogP contribution in [0.4, 0.5) is 0 Å². The molecule has 0 radical (unpaired) electrons. The summed E-state index contributed by atoms with van der Waals surface area (Å²) in [6, 6.07) is 13.5. The van der Waals surface area contributed by atoms with E-state index in [0.29, 0.717) is 23.5 Å². The van der Waals surface area contributed by atoms with Gasteiger partial charge in [-0.25, -0.2) is 0 Å². The number of methoxy groups -OCH3 is 1. The summed E-state index contributed by atoms with van der Waals surface area (Å²) < 4.78 is 25.6. The fraction of sp³-hybridized carbons (Fsp3) is 0.567. The van der Waals surface area contributed by atoms with Gasteiger partial charge in [0.1, 0.15) is 11.4 Å². The number of likely N-dealkylation sites (tertiary alicyclic amines) is 1. The zero-order valence-electron chi connectivity index (χ0n) is 21.9. The van der Waals surface area contributed by atoms with Crippen molar-refractivity contribution in [1.29, 1.82) is 0 Å². The Balaban J connectivity index is 1.44. The first-order valence-corrected chi connectivity index (χ1v) is 14.4. The largest absolute Gasteiger partial charge is 0.493 e. The minimum atomic E-state index is -1.15. The highest BCUT2D eigenvalue weighted by atomic mass is 79.9. The molecule has 3 fully saturated rings. The number of hydrogen-bond acceptors (Lipinski definition) is 6. The van der Waals surface area contributed by atoms with E-state index in [-0.39, 0.29) is 22.4 Å². The van der Waals surface area contributed by atoms with Gasteiger partial charge in [0.15, 0.2) is 17.1 Å². The second-order valence-electron chi connectivity index (χ2n) is 11.3. The van der Waals surface area contributed by atoms with E-state index < -0.39 is 11.2 Å². The number of carbonyl (C=O) groups is 1. The molecule has 1 atom stereocenters. The normalized spacial score (nSPS) is 25.9. The third kappa shape index (κ3) is 4.57. The molecule has 6 nitrogen and oxygen atoms in total. The van der Waals surface area contributed by atoms with Crippen LogP contribution in [0.5, 0.6) is 17.2 Å². The average molecular weight is 571 g/mol. The maximum absolute atomic E-state index is 14.8. The number of ketones is 1. The maximum atomic E-state index is 14.8. The summed E-state index contributed by atoms with van der Waals surface area (Å²) in [7, 11) is 1.61. The van der Waals surface area contributed by atoms with Gasteiger partial charge in [-0.05, 0) is 57.7 Å². The van der Waals surface area contributed by atoms with Crippen molar-refractivity contribution in [1.82, 2.24) is 4.90 Å². The summed E-state index contributed by atoms with van der Waals surface area (Å²) in [5, 5.41) is 0. The molecule has 2 aliphatic heterocycles. The molecule has 2 aromatic carbocycles. The highest BCUT2D eigenvalue weighted by Gasteiger charge is 2.59. The lowest BCUT2D eigenvalue weighted by molar-refractivity contribution is -0.120. The Morgan fingerprint density at radius 2 is 1.78 bits per heavy atom. The Morgan fingerprint density at radius 3 is 2.43 bits per heavy atom. The van der Waals surface area contributed by atoms with Crippen molar-refractivity contribution in [3.05, 3.63) is 53.6 Å². The van der Waals surface area contributed by atoms with Crippen LogP contribution in [0, 0.1) is 0 Å². The number of alkyl halides is 1. The van der Waals surface area contributed by atoms with E-state index in [1.165, 1.54) is 12.8 Å². The zero-order chi connectivity index (χ0) is 25.8. The summed E-state index contributed by atoms with van der Waals surface area (Å²) in [6.45, 7) is 5.78. The number of rotatable bonds is 8. The highest BCUT2D eigenvalue weighted by Crippen LogP contribution is 2.55. The minimum absolute atomic E-state index is 0.0737. The summed E-state index contributed by atoms with van der Waals surface area (Å²) in [6.07, 6.45) is 6.47. The number of halogens is 1. The first-order valence-electron chi connectivity index (χ1n) is 13.6. The lowest BCUT2D eigenvalue weighted by Crippen LogP contribution is -2.58. The van der Waals surface area contributed by atoms with Gasteiger partial charge in [0.2, 0.25) is 5.78 Å². The molecule has 2 aromatic rings. The molecular weight excluding hydrogens is 534 g/mol. The number of fused-ring (bicyclic) bond motifs is 1. The monoisotopic (exact) mass is 569 g/mol. The van der Waals surface area contributed by atoms with Crippen LogP contribution in [0.3, 0.4) is 0 Å². The van der Waals surface area contributed by atoms with Crippen LogP contribution in [0.1, 0.15) is 74.7 Å². The standard InChI is InChI=1S/C30H36BrNO5/c1-20(2)35-26-22(7-6-10-25(26)34-3)27(33)30(36-21-11-12-21)19-28(37-24-9-5-4-8-23(24)30)15-17-32(18-16-28)29(31)13-14-29/h4-10,20-21H,11-19H2,1-3H3. The summed E-state index contributed by atoms with van der Waals surface area (Å²) in [4.78, 5) is 17.4. The van der Waals surface area contributed by atoms with Crippen molar-refractivity contribution in [2.45, 2.75) is 86.7 Å². The molecular formula is C30H36BrNO5. The quantitative estimate of drug-likeness (QED) is 0.213. The summed E-state index contributed by atoms with van der Waals surface area (Å²) >= 11 is 3.93. The van der Waals surface area contributed by atoms with E-state index in [1.54, 1.807) is 7.11 Å². The third-order valence-corrected chi connectivity index (χ3v) is 9.47. The van der Waals surface area contributed by atoms with Crippen LogP contribution in [0.2, 0.25) is 0 Å². The van der Waals surface area contributed by atoms with Gasteiger partial charge in [-0.1, -0.05) is 40.2 Å². The molecule has 1 unspecified atom stereocenters. The average Bonchev–Trinajstić information content (AvgIpc) is 3.82. The molecule has 2 saturated carbocycles. The number of nitrogens with zero attached hydrogens (tertiary/aromatic N) is 1. The molecule has 6 rings (SSSR count). The minimum Gasteiger partial charge on any atom is -0.493 e. The Labute approximate surface area is 227 Å². The molecule has 1 saturated heterocycles. The van der Waals surface area contributed by atoms with Gasteiger partial charge in [-0.3, -0.25) is 9.69 Å². The topological polar surface area (TPSA) is 57.2 Å². The molecule has 0 N–H and O–H groups in total. The van der Waals surface area contributed by atoms with Crippen molar-refractivity contribution in [3.63, 3.8) is 0 Å². The number of para-hydroxylation sites is 2. The van der Waals surface area contributed by atoms with E-state index in [0.717, 1.165) is 50.1 Å². The van der Waals surface area contributed by atoms with Gasteiger partial charge in [0.25, 0.3) is 0 Å². The number of benzene rings is 2. The van der Waals surface area contributed by atoms with Crippen molar-refractivity contribution >= 4 is 21.7 Å². The summed E-state index contributed by atoms with van der Waals surface area (Å²) in [5.41, 5.74) is -0.301. The molecule has 1 spiro atoms. The predicted octanol–water partition coefficient (Wildman–Crippen LogP) is 6.24. The SMILES string of the molecule is COc1cccc(C(=O)C2(OC3CC3)CC3(CCN(C4(Br)CC4)CC3)Oc3ccccc32)c1OC(C)C. The number of carbonyl (C=O) groups excluding carboxylic acids is 1. The van der Waals surface area contributed by atoms with Crippen molar-refractivity contribution < 1.29 is 23.7 Å². The van der Waals surface area contributed by atoms with Gasteiger partial charge in [-0.2, -0.15) is 0 Å². The molecule has 0 bridgehead atoms. The van der Waals surface area contributed by atoms with Gasteiger partial charge in [0, 0.05) is 37.9 Å². The molecule has 2 aliphatic carbocycles. The predicted molar refractivity (Wildman–Crippen MR) is 145 cm³/mol.